The number of aromatic nitrogens is 1. The Morgan fingerprint density at radius 2 is 2.20 bits per heavy atom. The molecular weight excluding hydrogens is 264 g/mol. The molecule has 1 aliphatic rings. The molecule has 1 aromatic heterocycles. The van der Waals surface area contributed by atoms with Gasteiger partial charge in [-0.3, -0.25) is 16.3 Å². The lowest BCUT2D eigenvalue weighted by atomic mass is 9.93. The molecule has 0 aromatic carbocycles. The summed E-state index contributed by atoms with van der Waals surface area (Å²) >= 11 is 0. The van der Waals surface area contributed by atoms with Crippen LogP contribution in [0.25, 0.3) is 0 Å². The molecule has 1 fully saturated rings. The SMILES string of the molecule is CC(C)Oc1cncc(C(NN)C2CCC(F)(F)C2)c1. The molecule has 4 nitrogen and oxygen atoms in total. The van der Waals surface area contributed by atoms with E-state index >= 15 is 0 Å². The van der Waals surface area contributed by atoms with Crippen LogP contribution in [0.5, 0.6) is 5.75 Å². The Morgan fingerprint density at radius 1 is 1.45 bits per heavy atom. The summed E-state index contributed by atoms with van der Waals surface area (Å²) in [6, 6.07) is 1.49. The van der Waals surface area contributed by atoms with Gasteiger partial charge in [-0.05, 0) is 37.8 Å². The number of hydrogen-bond donors (Lipinski definition) is 2. The molecule has 112 valence electrons. The average Bonchev–Trinajstić information content (AvgIpc) is 2.70. The Kier molecular flexibility index (Phi) is 4.55. The third-order valence-electron chi connectivity index (χ3n) is 3.56. The molecule has 1 heterocycles. The minimum atomic E-state index is -2.58. The fourth-order valence-corrected chi connectivity index (χ4v) is 2.72. The van der Waals surface area contributed by atoms with Crippen LogP contribution < -0.4 is 16.0 Å². The van der Waals surface area contributed by atoms with E-state index in [0.29, 0.717) is 12.2 Å². The lowest BCUT2D eigenvalue weighted by Crippen LogP contribution is -2.33. The molecule has 6 heteroatoms. The Morgan fingerprint density at radius 3 is 2.75 bits per heavy atom. The van der Waals surface area contributed by atoms with E-state index in [4.69, 9.17) is 10.6 Å². The highest BCUT2D eigenvalue weighted by atomic mass is 19.3. The zero-order valence-corrected chi connectivity index (χ0v) is 11.8. The molecule has 3 N–H and O–H groups in total. The summed E-state index contributed by atoms with van der Waals surface area (Å²) in [5, 5.41) is 0. The highest BCUT2D eigenvalue weighted by molar-refractivity contribution is 5.27. The summed E-state index contributed by atoms with van der Waals surface area (Å²) in [5.41, 5.74) is 3.44. The van der Waals surface area contributed by atoms with Crippen molar-refractivity contribution in [3.05, 3.63) is 24.0 Å². The fraction of sp³-hybridized carbons (Fsp3) is 0.643. The van der Waals surface area contributed by atoms with Crippen molar-refractivity contribution in [3.63, 3.8) is 0 Å². The maximum Gasteiger partial charge on any atom is 0.248 e. The molecule has 0 spiro atoms. The van der Waals surface area contributed by atoms with Gasteiger partial charge in [-0.25, -0.2) is 8.78 Å². The molecule has 2 unspecified atom stereocenters. The fourth-order valence-electron chi connectivity index (χ4n) is 2.72. The van der Waals surface area contributed by atoms with E-state index in [1.807, 2.05) is 19.9 Å². The number of nitrogens with two attached hydrogens (primary N) is 1. The summed E-state index contributed by atoms with van der Waals surface area (Å²) in [4.78, 5) is 4.11. The largest absolute Gasteiger partial charge is 0.489 e. The molecule has 0 radical (unpaired) electrons. The smallest absolute Gasteiger partial charge is 0.248 e. The van der Waals surface area contributed by atoms with Crippen molar-refractivity contribution in [1.82, 2.24) is 10.4 Å². The molecular formula is C14H21F2N3O. The Labute approximate surface area is 117 Å². The number of nitrogens with one attached hydrogen (secondary N) is 1. The van der Waals surface area contributed by atoms with Crippen LogP contribution in [0.1, 0.15) is 44.7 Å². The number of halogens is 2. The number of ether oxygens (including phenoxy) is 1. The van der Waals surface area contributed by atoms with E-state index in [1.165, 1.54) is 0 Å². The van der Waals surface area contributed by atoms with E-state index in [9.17, 15) is 8.78 Å². The second-order valence-electron chi connectivity index (χ2n) is 5.62. The van der Waals surface area contributed by atoms with Gasteiger partial charge in [-0.15, -0.1) is 0 Å². The summed E-state index contributed by atoms with van der Waals surface area (Å²) in [6.07, 6.45) is 3.53. The van der Waals surface area contributed by atoms with Crippen LogP contribution >= 0.6 is 0 Å². The van der Waals surface area contributed by atoms with Gasteiger partial charge < -0.3 is 4.74 Å². The van der Waals surface area contributed by atoms with Gasteiger partial charge in [0.15, 0.2) is 0 Å². The summed E-state index contributed by atoms with van der Waals surface area (Å²) in [5.74, 6) is 3.42. The van der Waals surface area contributed by atoms with Crippen molar-refractivity contribution in [2.24, 2.45) is 11.8 Å². The number of nitrogens with zero attached hydrogens (tertiary/aromatic N) is 1. The first-order valence-corrected chi connectivity index (χ1v) is 6.87. The third-order valence-corrected chi connectivity index (χ3v) is 3.56. The average molecular weight is 285 g/mol. The van der Waals surface area contributed by atoms with Crippen LogP contribution in [0, 0.1) is 5.92 Å². The molecule has 0 saturated heterocycles. The number of pyridine rings is 1. The number of hydrogen-bond acceptors (Lipinski definition) is 4. The highest BCUT2D eigenvalue weighted by Gasteiger charge is 2.42. The predicted molar refractivity (Wildman–Crippen MR) is 72.4 cm³/mol. The van der Waals surface area contributed by atoms with Gasteiger partial charge in [0.1, 0.15) is 5.75 Å². The lowest BCUT2D eigenvalue weighted by Gasteiger charge is -2.23. The molecule has 0 aliphatic heterocycles. The van der Waals surface area contributed by atoms with E-state index in [2.05, 4.69) is 10.4 Å². The van der Waals surface area contributed by atoms with Crippen molar-refractivity contribution in [2.75, 3.05) is 0 Å². The van der Waals surface area contributed by atoms with Crippen molar-refractivity contribution >= 4 is 0 Å². The molecule has 0 amide bonds. The second-order valence-corrected chi connectivity index (χ2v) is 5.62. The van der Waals surface area contributed by atoms with E-state index in [-0.39, 0.29) is 30.9 Å². The van der Waals surface area contributed by atoms with Gasteiger partial charge in [0.05, 0.1) is 18.3 Å². The molecule has 20 heavy (non-hydrogen) atoms. The first-order valence-electron chi connectivity index (χ1n) is 6.87. The summed E-state index contributed by atoms with van der Waals surface area (Å²) in [7, 11) is 0. The van der Waals surface area contributed by atoms with E-state index in [0.717, 1.165) is 5.56 Å². The minimum Gasteiger partial charge on any atom is -0.489 e. The zero-order chi connectivity index (χ0) is 14.8. The second kappa shape index (κ2) is 6.01. The Hall–Kier alpha value is -1.27. The van der Waals surface area contributed by atoms with E-state index < -0.39 is 5.92 Å². The number of hydrazine groups is 1. The van der Waals surface area contributed by atoms with Crippen LogP contribution in [-0.4, -0.2) is 17.0 Å². The van der Waals surface area contributed by atoms with Crippen LogP contribution in [0.3, 0.4) is 0 Å². The molecule has 1 aliphatic carbocycles. The first-order chi connectivity index (χ1) is 9.41. The quantitative estimate of drug-likeness (QED) is 0.645. The first kappa shape index (κ1) is 15.1. The molecule has 1 aromatic rings. The number of alkyl halides is 2. The van der Waals surface area contributed by atoms with Crippen LogP contribution in [0.2, 0.25) is 0 Å². The van der Waals surface area contributed by atoms with Crippen molar-refractivity contribution in [2.45, 2.75) is 51.2 Å². The van der Waals surface area contributed by atoms with Crippen molar-refractivity contribution in [1.29, 1.82) is 0 Å². The molecule has 1 saturated carbocycles. The Bertz CT molecular complexity index is 454. The molecule has 2 atom stereocenters. The lowest BCUT2D eigenvalue weighted by molar-refractivity contribution is 0.00326. The third kappa shape index (κ3) is 3.64. The minimum absolute atomic E-state index is 0.0344. The van der Waals surface area contributed by atoms with Crippen LogP contribution in [-0.2, 0) is 0 Å². The maximum absolute atomic E-state index is 13.3. The van der Waals surface area contributed by atoms with E-state index in [1.54, 1.807) is 12.4 Å². The monoisotopic (exact) mass is 285 g/mol. The van der Waals surface area contributed by atoms with Crippen molar-refractivity contribution < 1.29 is 13.5 Å². The zero-order valence-electron chi connectivity index (χ0n) is 11.8. The standard InChI is InChI=1S/C14H21F2N3O/c1-9(2)20-12-5-11(7-18-8-12)13(19-17)10-3-4-14(15,16)6-10/h5,7-10,13,19H,3-4,6,17H2,1-2H3. The van der Waals surface area contributed by atoms with Gasteiger partial charge in [0.25, 0.3) is 0 Å². The highest BCUT2D eigenvalue weighted by Crippen LogP contribution is 2.44. The van der Waals surface area contributed by atoms with Gasteiger partial charge in [0, 0.05) is 19.0 Å². The Balaban J connectivity index is 2.15. The van der Waals surface area contributed by atoms with Gasteiger partial charge in [0.2, 0.25) is 5.92 Å². The summed E-state index contributed by atoms with van der Waals surface area (Å²) < 4.78 is 32.3. The van der Waals surface area contributed by atoms with Gasteiger partial charge in [-0.2, -0.15) is 0 Å². The molecule has 2 rings (SSSR count). The van der Waals surface area contributed by atoms with Crippen molar-refractivity contribution in [3.8, 4) is 5.75 Å². The summed E-state index contributed by atoms with van der Waals surface area (Å²) in [6.45, 7) is 3.84. The maximum atomic E-state index is 13.3. The molecule has 0 bridgehead atoms. The van der Waals surface area contributed by atoms with Crippen LogP contribution in [0.4, 0.5) is 8.78 Å². The topological polar surface area (TPSA) is 60.2 Å². The van der Waals surface area contributed by atoms with Crippen LogP contribution in [0.15, 0.2) is 18.5 Å². The predicted octanol–water partition coefficient (Wildman–Crippen LogP) is 2.81. The van der Waals surface area contributed by atoms with Gasteiger partial charge in [-0.1, -0.05) is 0 Å². The van der Waals surface area contributed by atoms with Gasteiger partial charge >= 0.3 is 0 Å². The number of rotatable bonds is 5. The normalized spacial score (nSPS) is 23.0.